The van der Waals surface area contributed by atoms with Gasteiger partial charge in [0.25, 0.3) is 0 Å². The fourth-order valence-electron chi connectivity index (χ4n) is 0.847. The number of hydrogen-bond donors (Lipinski definition) is 1. The molecule has 0 saturated heterocycles. The molecular weight excluding hydrogens is 164 g/mol. The van der Waals surface area contributed by atoms with Crippen molar-refractivity contribution in [2.75, 3.05) is 5.75 Å². The Morgan fingerprint density at radius 2 is 1.82 bits per heavy atom. The molecular formula is C7H16O3S. The van der Waals surface area contributed by atoms with Crippen molar-refractivity contribution in [3.05, 3.63) is 0 Å². The highest BCUT2D eigenvalue weighted by molar-refractivity contribution is 7.91. The van der Waals surface area contributed by atoms with Gasteiger partial charge in [-0.2, -0.15) is 0 Å². The average Bonchev–Trinajstić information content (AvgIpc) is 1.88. The average molecular weight is 180 g/mol. The molecule has 0 heterocycles. The van der Waals surface area contributed by atoms with E-state index in [4.69, 9.17) is 5.11 Å². The van der Waals surface area contributed by atoms with Gasteiger partial charge >= 0.3 is 0 Å². The fraction of sp³-hybridized carbons (Fsp3) is 1.00. The standard InChI is InChI=1S/C7H16O3S/c1-3-5-7(8)11(9,10)6-4-2/h7-8H,3-6H2,1-2H3. The van der Waals surface area contributed by atoms with E-state index in [1.54, 1.807) is 6.92 Å². The van der Waals surface area contributed by atoms with Crippen LogP contribution in [0.5, 0.6) is 0 Å². The first-order valence-corrected chi connectivity index (χ1v) is 5.65. The van der Waals surface area contributed by atoms with Gasteiger partial charge in [-0.1, -0.05) is 20.3 Å². The molecule has 0 bridgehead atoms. The predicted molar refractivity (Wildman–Crippen MR) is 45.0 cm³/mol. The van der Waals surface area contributed by atoms with E-state index < -0.39 is 15.3 Å². The molecule has 3 nitrogen and oxygen atoms in total. The Bertz CT molecular complexity index is 184. The predicted octanol–water partition coefficient (Wildman–Crippen LogP) is 0.930. The quantitative estimate of drug-likeness (QED) is 0.684. The first kappa shape index (κ1) is 10.9. The summed E-state index contributed by atoms with van der Waals surface area (Å²) in [6, 6.07) is 0. The summed E-state index contributed by atoms with van der Waals surface area (Å²) in [5, 5.41) is 9.12. The number of rotatable bonds is 5. The topological polar surface area (TPSA) is 54.4 Å². The Hall–Kier alpha value is -0.0900. The van der Waals surface area contributed by atoms with Gasteiger partial charge in [0.2, 0.25) is 0 Å². The fourth-order valence-corrected chi connectivity index (χ4v) is 2.28. The minimum Gasteiger partial charge on any atom is -0.377 e. The normalized spacial score (nSPS) is 14.8. The van der Waals surface area contributed by atoms with Crippen molar-refractivity contribution in [1.82, 2.24) is 0 Å². The van der Waals surface area contributed by atoms with E-state index in [2.05, 4.69) is 0 Å². The van der Waals surface area contributed by atoms with Gasteiger partial charge in [0.15, 0.2) is 15.3 Å². The maximum atomic E-state index is 11.1. The van der Waals surface area contributed by atoms with Crippen LogP contribution in [-0.4, -0.2) is 24.7 Å². The number of sulfone groups is 1. The molecule has 4 heteroatoms. The van der Waals surface area contributed by atoms with Crippen LogP contribution >= 0.6 is 0 Å². The molecule has 0 spiro atoms. The monoisotopic (exact) mass is 180 g/mol. The van der Waals surface area contributed by atoms with Gasteiger partial charge < -0.3 is 5.11 Å². The molecule has 0 aromatic heterocycles. The van der Waals surface area contributed by atoms with Gasteiger partial charge in [-0.25, -0.2) is 8.42 Å². The Kier molecular flexibility index (Phi) is 4.68. The second-order valence-electron chi connectivity index (χ2n) is 2.61. The van der Waals surface area contributed by atoms with Crippen LogP contribution < -0.4 is 0 Å². The lowest BCUT2D eigenvalue weighted by atomic mass is 10.4. The number of hydrogen-bond acceptors (Lipinski definition) is 3. The lowest BCUT2D eigenvalue weighted by molar-refractivity contribution is 0.237. The SMILES string of the molecule is CCCC(O)S(=O)(=O)CCC. The Balaban J connectivity index is 4.07. The largest absolute Gasteiger partial charge is 0.377 e. The highest BCUT2D eigenvalue weighted by atomic mass is 32.2. The van der Waals surface area contributed by atoms with Crippen LogP contribution in [0.4, 0.5) is 0 Å². The lowest BCUT2D eigenvalue weighted by Gasteiger charge is -2.08. The van der Waals surface area contributed by atoms with Crippen LogP contribution in [0.25, 0.3) is 0 Å². The third-order valence-electron chi connectivity index (χ3n) is 1.44. The molecule has 11 heavy (non-hydrogen) atoms. The minimum atomic E-state index is -3.22. The summed E-state index contributed by atoms with van der Waals surface area (Å²) in [4.78, 5) is 0. The van der Waals surface area contributed by atoms with Crippen molar-refractivity contribution in [1.29, 1.82) is 0 Å². The third-order valence-corrected chi connectivity index (χ3v) is 3.48. The van der Waals surface area contributed by atoms with Crippen molar-refractivity contribution in [3.63, 3.8) is 0 Å². The van der Waals surface area contributed by atoms with E-state index in [0.29, 0.717) is 19.3 Å². The first-order valence-electron chi connectivity index (χ1n) is 3.94. The van der Waals surface area contributed by atoms with Gasteiger partial charge in [-0.3, -0.25) is 0 Å². The summed E-state index contributed by atoms with van der Waals surface area (Å²) in [7, 11) is -3.22. The van der Waals surface area contributed by atoms with Crippen LogP contribution in [0.15, 0.2) is 0 Å². The lowest BCUT2D eigenvalue weighted by Crippen LogP contribution is -2.23. The van der Waals surface area contributed by atoms with E-state index in [-0.39, 0.29) is 5.75 Å². The van der Waals surface area contributed by atoms with E-state index >= 15 is 0 Å². The minimum absolute atomic E-state index is 0.0914. The zero-order valence-corrected chi connectivity index (χ0v) is 7.89. The highest BCUT2D eigenvalue weighted by Crippen LogP contribution is 2.07. The van der Waals surface area contributed by atoms with Crippen LogP contribution in [0, 0.1) is 0 Å². The van der Waals surface area contributed by atoms with E-state index in [1.165, 1.54) is 0 Å². The zero-order chi connectivity index (χ0) is 8.91. The van der Waals surface area contributed by atoms with Crippen molar-refractivity contribution in [3.8, 4) is 0 Å². The molecule has 0 fully saturated rings. The molecule has 1 N–H and O–H groups in total. The van der Waals surface area contributed by atoms with Gasteiger partial charge in [-0.15, -0.1) is 0 Å². The summed E-state index contributed by atoms with van der Waals surface area (Å²) in [5.74, 6) is 0.0914. The summed E-state index contributed by atoms with van der Waals surface area (Å²) < 4.78 is 22.1. The maximum Gasteiger partial charge on any atom is 0.176 e. The molecule has 0 aliphatic carbocycles. The molecule has 0 rings (SSSR count). The third kappa shape index (κ3) is 3.72. The number of aliphatic hydroxyl groups excluding tert-OH is 1. The van der Waals surface area contributed by atoms with Crippen molar-refractivity contribution in [2.45, 2.75) is 38.5 Å². The van der Waals surface area contributed by atoms with E-state index in [0.717, 1.165) is 0 Å². The summed E-state index contributed by atoms with van der Waals surface area (Å²) in [5.41, 5.74) is -1.15. The van der Waals surface area contributed by atoms with E-state index in [1.807, 2.05) is 6.92 Å². The van der Waals surface area contributed by atoms with Crippen LogP contribution in [0.2, 0.25) is 0 Å². The van der Waals surface area contributed by atoms with Gasteiger partial charge in [0, 0.05) is 0 Å². The molecule has 0 aromatic carbocycles. The summed E-state index contributed by atoms with van der Waals surface area (Å²) >= 11 is 0. The van der Waals surface area contributed by atoms with Crippen molar-refractivity contribution < 1.29 is 13.5 Å². The first-order chi connectivity index (χ1) is 5.04. The molecule has 0 saturated carbocycles. The van der Waals surface area contributed by atoms with Gasteiger partial charge in [0.1, 0.15) is 0 Å². The van der Waals surface area contributed by atoms with Crippen LogP contribution in [0.1, 0.15) is 33.1 Å². The molecule has 0 radical (unpaired) electrons. The second kappa shape index (κ2) is 4.72. The molecule has 68 valence electrons. The Labute approximate surface area is 68.3 Å². The van der Waals surface area contributed by atoms with E-state index in [9.17, 15) is 8.42 Å². The van der Waals surface area contributed by atoms with Crippen molar-refractivity contribution in [2.24, 2.45) is 0 Å². The van der Waals surface area contributed by atoms with Crippen LogP contribution in [0.3, 0.4) is 0 Å². The molecule has 0 aliphatic rings. The molecule has 0 aromatic rings. The summed E-state index contributed by atoms with van der Waals surface area (Å²) in [6.07, 6.45) is 1.62. The Morgan fingerprint density at radius 3 is 2.18 bits per heavy atom. The van der Waals surface area contributed by atoms with Gasteiger partial charge in [-0.05, 0) is 12.8 Å². The second-order valence-corrected chi connectivity index (χ2v) is 4.89. The van der Waals surface area contributed by atoms with Crippen LogP contribution in [-0.2, 0) is 9.84 Å². The smallest absolute Gasteiger partial charge is 0.176 e. The maximum absolute atomic E-state index is 11.1. The molecule has 0 amide bonds. The van der Waals surface area contributed by atoms with Crippen molar-refractivity contribution >= 4 is 9.84 Å². The summed E-state index contributed by atoms with van der Waals surface area (Å²) in [6.45, 7) is 3.64. The molecule has 1 unspecified atom stereocenters. The zero-order valence-electron chi connectivity index (χ0n) is 7.08. The molecule has 1 atom stereocenters. The Morgan fingerprint density at radius 1 is 1.27 bits per heavy atom. The number of aliphatic hydroxyl groups is 1. The van der Waals surface area contributed by atoms with Gasteiger partial charge in [0.05, 0.1) is 5.75 Å². The molecule has 0 aliphatic heterocycles. The highest BCUT2D eigenvalue weighted by Gasteiger charge is 2.19.